The lowest BCUT2D eigenvalue weighted by molar-refractivity contribution is 0.0919. The fraction of sp³-hybridized carbons (Fsp3) is 0.409. The molecule has 0 atom stereocenters. The molecular formula is C22H29N3O3S. The van der Waals surface area contributed by atoms with Crippen molar-refractivity contribution in [3.63, 3.8) is 0 Å². The standard InChI is InChI=1S/C22H29N3O3S/c1-22(2,3)23-21(26)19-11-9-18(10-12-19)17-24-13-15-25(16-14-24)29(27,28)20-7-5-4-6-8-20/h4-12H,13-17H2,1-3H3,(H,23,26). The van der Waals surface area contributed by atoms with Gasteiger partial charge in [-0.25, -0.2) is 8.42 Å². The first-order valence-corrected chi connectivity index (χ1v) is 11.3. The summed E-state index contributed by atoms with van der Waals surface area (Å²) in [5.74, 6) is -0.0798. The zero-order valence-electron chi connectivity index (χ0n) is 17.3. The molecular weight excluding hydrogens is 386 g/mol. The quantitative estimate of drug-likeness (QED) is 0.815. The molecule has 0 unspecified atom stereocenters. The SMILES string of the molecule is CC(C)(C)NC(=O)c1ccc(CN2CCN(S(=O)(=O)c3ccccc3)CC2)cc1. The zero-order valence-corrected chi connectivity index (χ0v) is 18.1. The lowest BCUT2D eigenvalue weighted by Crippen LogP contribution is -2.48. The minimum Gasteiger partial charge on any atom is -0.347 e. The van der Waals surface area contributed by atoms with Crippen molar-refractivity contribution in [2.24, 2.45) is 0 Å². The number of rotatable bonds is 5. The maximum atomic E-state index is 12.7. The van der Waals surface area contributed by atoms with E-state index in [1.54, 1.807) is 28.6 Å². The number of sulfonamides is 1. The Balaban J connectivity index is 1.55. The van der Waals surface area contributed by atoms with Crippen LogP contribution in [0, 0.1) is 0 Å². The highest BCUT2D eigenvalue weighted by atomic mass is 32.2. The topological polar surface area (TPSA) is 69.7 Å². The van der Waals surface area contributed by atoms with Crippen molar-refractivity contribution < 1.29 is 13.2 Å². The lowest BCUT2D eigenvalue weighted by Gasteiger charge is -2.34. The molecule has 1 aliphatic heterocycles. The number of hydrogen-bond acceptors (Lipinski definition) is 4. The van der Waals surface area contributed by atoms with E-state index in [-0.39, 0.29) is 11.4 Å². The highest BCUT2D eigenvalue weighted by Crippen LogP contribution is 2.18. The summed E-state index contributed by atoms with van der Waals surface area (Å²) in [5.41, 5.74) is 1.48. The van der Waals surface area contributed by atoms with Crippen molar-refractivity contribution in [3.05, 3.63) is 65.7 Å². The fourth-order valence-corrected chi connectivity index (χ4v) is 4.75. The zero-order chi connectivity index (χ0) is 21.1. The summed E-state index contributed by atoms with van der Waals surface area (Å²) < 4.78 is 27.0. The number of carbonyl (C=O) groups is 1. The van der Waals surface area contributed by atoms with Gasteiger partial charge in [-0.2, -0.15) is 4.31 Å². The first-order chi connectivity index (χ1) is 13.6. The average Bonchev–Trinajstić information content (AvgIpc) is 2.68. The molecule has 1 saturated heterocycles. The Labute approximate surface area is 173 Å². The van der Waals surface area contributed by atoms with Gasteiger partial charge in [0.2, 0.25) is 10.0 Å². The number of benzene rings is 2. The molecule has 3 rings (SSSR count). The summed E-state index contributed by atoms with van der Waals surface area (Å²) in [6, 6.07) is 16.2. The van der Waals surface area contributed by atoms with Crippen LogP contribution in [0.4, 0.5) is 0 Å². The van der Waals surface area contributed by atoms with Crippen LogP contribution < -0.4 is 5.32 Å². The van der Waals surface area contributed by atoms with Gasteiger partial charge >= 0.3 is 0 Å². The van der Waals surface area contributed by atoms with Gasteiger partial charge in [0.15, 0.2) is 0 Å². The van der Waals surface area contributed by atoms with E-state index in [1.807, 2.05) is 51.1 Å². The second-order valence-electron chi connectivity index (χ2n) is 8.39. The third kappa shape index (κ3) is 5.65. The van der Waals surface area contributed by atoms with Crippen molar-refractivity contribution in [1.82, 2.24) is 14.5 Å². The van der Waals surface area contributed by atoms with Crippen LogP contribution in [0.2, 0.25) is 0 Å². The summed E-state index contributed by atoms with van der Waals surface area (Å²) in [4.78, 5) is 14.8. The molecule has 0 aliphatic carbocycles. The number of nitrogens with one attached hydrogen (secondary N) is 1. The second-order valence-corrected chi connectivity index (χ2v) is 10.3. The van der Waals surface area contributed by atoms with Gasteiger partial charge in [-0.05, 0) is 50.6 Å². The van der Waals surface area contributed by atoms with Crippen LogP contribution in [-0.4, -0.2) is 55.2 Å². The van der Waals surface area contributed by atoms with Crippen LogP contribution in [-0.2, 0) is 16.6 Å². The molecule has 0 radical (unpaired) electrons. The summed E-state index contributed by atoms with van der Waals surface area (Å²) in [6.45, 7) is 8.91. The molecule has 1 amide bonds. The van der Waals surface area contributed by atoms with Gasteiger partial charge in [-0.1, -0.05) is 30.3 Å². The minimum atomic E-state index is -3.43. The van der Waals surface area contributed by atoms with Crippen LogP contribution in [0.25, 0.3) is 0 Å². The van der Waals surface area contributed by atoms with E-state index in [0.29, 0.717) is 36.6 Å². The maximum absolute atomic E-state index is 12.7. The summed E-state index contributed by atoms with van der Waals surface area (Å²) in [6.07, 6.45) is 0. The van der Waals surface area contributed by atoms with Gasteiger partial charge in [-0.3, -0.25) is 9.69 Å². The molecule has 0 saturated carbocycles. The molecule has 1 heterocycles. The Morgan fingerprint density at radius 2 is 1.52 bits per heavy atom. The molecule has 6 nitrogen and oxygen atoms in total. The Morgan fingerprint density at radius 3 is 2.07 bits per heavy atom. The molecule has 0 aromatic heterocycles. The van der Waals surface area contributed by atoms with E-state index in [1.165, 1.54) is 0 Å². The predicted octanol–water partition coefficient (Wildman–Crippen LogP) is 2.72. The summed E-state index contributed by atoms with van der Waals surface area (Å²) in [7, 11) is -3.43. The van der Waals surface area contributed by atoms with Gasteiger partial charge in [0.1, 0.15) is 0 Å². The van der Waals surface area contributed by atoms with E-state index in [4.69, 9.17) is 0 Å². The van der Waals surface area contributed by atoms with Gasteiger partial charge in [0.05, 0.1) is 4.90 Å². The van der Waals surface area contributed by atoms with Crippen molar-refractivity contribution >= 4 is 15.9 Å². The summed E-state index contributed by atoms with van der Waals surface area (Å²) >= 11 is 0. The lowest BCUT2D eigenvalue weighted by atomic mass is 10.1. The van der Waals surface area contributed by atoms with Crippen molar-refractivity contribution in [2.75, 3.05) is 26.2 Å². The fourth-order valence-electron chi connectivity index (χ4n) is 3.30. The minimum absolute atomic E-state index is 0.0798. The third-order valence-corrected chi connectivity index (χ3v) is 6.74. The van der Waals surface area contributed by atoms with Gasteiger partial charge < -0.3 is 5.32 Å². The molecule has 7 heteroatoms. The predicted molar refractivity (Wildman–Crippen MR) is 114 cm³/mol. The number of piperazine rings is 1. The van der Waals surface area contributed by atoms with Crippen molar-refractivity contribution in [1.29, 1.82) is 0 Å². The van der Waals surface area contributed by atoms with E-state index >= 15 is 0 Å². The van der Waals surface area contributed by atoms with E-state index in [2.05, 4.69) is 10.2 Å². The largest absolute Gasteiger partial charge is 0.347 e. The normalized spacial score (nSPS) is 16.5. The molecule has 156 valence electrons. The molecule has 29 heavy (non-hydrogen) atoms. The van der Waals surface area contributed by atoms with Gasteiger partial charge in [0.25, 0.3) is 5.91 Å². The van der Waals surface area contributed by atoms with Crippen LogP contribution >= 0.6 is 0 Å². The first kappa shape index (κ1) is 21.5. The summed E-state index contributed by atoms with van der Waals surface area (Å²) in [5, 5.41) is 2.96. The Bertz CT molecular complexity index is 928. The number of hydrogen-bond donors (Lipinski definition) is 1. The number of amides is 1. The Kier molecular flexibility index (Phi) is 6.41. The van der Waals surface area contributed by atoms with Crippen LogP contribution in [0.3, 0.4) is 0 Å². The molecule has 0 spiro atoms. The molecule has 1 N–H and O–H groups in total. The smallest absolute Gasteiger partial charge is 0.251 e. The second kappa shape index (κ2) is 8.65. The van der Waals surface area contributed by atoms with E-state index < -0.39 is 10.0 Å². The molecule has 0 bridgehead atoms. The highest BCUT2D eigenvalue weighted by Gasteiger charge is 2.28. The van der Waals surface area contributed by atoms with Crippen molar-refractivity contribution in [2.45, 2.75) is 37.8 Å². The molecule has 2 aromatic carbocycles. The number of nitrogens with zero attached hydrogens (tertiary/aromatic N) is 2. The third-order valence-electron chi connectivity index (χ3n) is 4.82. The molecule has 1 aliphatic rings. The Hall–Kier alpha value is -2.22. The van der Waals surface area contributed by atoms with Gasteiger partial charge in [0, 0.05) is 43.8 Å². The van der Waals surface area contributed by atoms with E-state index in [0.717, 1.165) is 12.1 Å². The van der Waals surface area contributed by atoms with Crippen molar-refractivity contribution in [3.8, 4) is 0 Å². The Morgan fingerprint density at radius 1 is 0.931 bits per heavy atom. The van der Waals surface area contributed by atoms with Crippen LogP contribution in [0.5, 0.6) is 0 Å². The first-order valence-electron chi connectivity index (χ1n) is 9.84. The molecule has 1 fully saturated rings. The number of carbonyl (C=O) groups excluding carboxylic acids is 1. The maximum Gasteiger partial charge on any atom is 0.251 e. The van der Waals surface area contributed by atoms with Crippen LogP contribution in [0.1, 0.15) is 36.7 Å². The monoisotopic (exact) mass is 415 g/mol. The van der Waals surface area contributed by atoms with Gasteiger partial charge in [-0.15, -0.1) is 0 Å². The van der Waals surface area contributed by atoms with E-state index in [9.17, 15) is 13.2 Å². The molecule has 2 aromatic rings. The average molecular weight is 416 g/mol. The van der Waals surface area contributed by atoms with Crippen LogP contribution in [0.15, 0.2) is 59.5 Å². The highest BCUT2D eigenvalue weighted by molar-refractivity contribution is 7.89.